The summed E-state index contributed by atoms with van der Waals surface area (Å²) in [4.78, 5) is 89.4. The molecule has 4 unspecified atom stereocenters. The summed E-state index contributed by atoms with van der Waals surface area (Å²) >= 11 is 0.969. The molecule has 1 aliphatic carbocycles. The van der Waals surface area contributed by atoms with Crippen molar-refractivity contribution in [3.8, 4) is 5.75 Å². The van der Waals surface area contributed by atoms with Crippen LogP contribution in [-0.2, 0) is 57.2 Å². The molecule has 3 aliphatic rings. The van der Waals surface area contributed by atoms with Gasteiger partial charge in [0.25, 0.3) is 0 Å². The second-order valence-corrected chi connectivity index (χ2v) is 13.1. The highest BCUT2D eigenvalue weighted by Gasteiger charge is 2.47. The minimum atomic E-state index is -1.84. The number of nitrogens with one attached hydrogen (secondary N) is 2. The minimum Gasteiger partial charge on any atom is -0.494 e. The van der Waals surface area contributed by atoms with Gasteiger partial charge in [0.15, 0.2) is 17.1 Å². The number of carbonyl (C=O) groups is 7. The van der Waals surface area contributed by atoms with Crippen LogP contribution < -0.4 is 15.4 Å². The molecule has 52 heavy (non-hydrogen) atoms. The predicted octanol–water partition coefficient (Wildman–Crippen LogP) is 2.93. The molecule has 2 aliphatic heterocycles. The van der Waals surface area contributed by atoms with E-state index in [0.29, 0.717) is 50.2 Å². The molecule has 0 aromatic heterocycles. The topological polar surface area (TPSA) is 199 Å². The predicted molar refractivity (Wildman–Crippen MR) is 182 cm³/mol. The Labute approximate surface area is 303 Å². The molecule has 2 N–H and O–H groups in total. The third kappa shape index (κ3) is 10.1. The molecule has 2 heterocycles. The molecule has 5 rings (SSSR count). The van der Waals surface area contributed by atoms with E-state index in [2.05, 4.69) is 10.6 Å². The first-order valence-corrected chi connectivity index (χ1v) is 17.8. The molecule has 15 nitrogen and oxygen atoms in total. The lowest BCUT2D eigenvalue weighted by atomic mass is 9.81. The van der Waals surface area contributed by atoms with Gasteiger partial charge in [-0.2, -0.15) is 0 Å². The Hall–Kier alpha value is -4.90. The van der Waals surface area contributed by atoms with Crippen LogP contribution in [0.15, 0.2) is 66.7 Å². The van der Waals surface area contributed by atoms with Gasteiger partial charge in [0, 0.05) is 35.9 Å². The van der Waals surface area contributed by atoms with Crippen molar-refractivity contribution in [2.24, 2.45) is 5.92 Å². The Morgan fingerprint density at radius 3 is 2.33 bits per heavy atom. The number of thioether (sulfide) groups is 1. The highest BCUT2D eigenvalue weighted by Crippen LogP contribution is 2.42. The van der Waals surface area contributed by atoms with Gasteiger partial charge < -0.3 is 33.7 Å². The molecule has 2 saturated heterocycles. The van der Waals surface area contributed by atoms with E-state index in [1.165, 1.54) is 24.3 Å². The Bertz CT molecular complexity index is 1670. The number of hydrogen-bond donors (Lipinski definition) is 2. The quantitative estimate of drug-likeness (QED) is 0.139. The van der Waals surface area contributed by atoms with Crippen molar-refractivity contribution >= 4 is 59.2 Å². The molecule has 2 aromatic carbocycles. The summed E-state index contributed by atoms with van der Waals surface area (Å²) in [5.74, 6) is -9.77. The van der Waals surface area contributed by atoms with Crippen LogP contribution in [0.4, 0.5) is 5.69 Å². The summed E-state index contributed by atoms with van der Waals surface area (Å²) in [5, 5.41) is 4.11. The molecule has 16 heteroatoms. The Morgan fingerprint density at radius 1 is 0.904 bits per heavy atom. The van der Waals surface area contributed by atoms with Crippen LogP contribution in [-0.4, -0.2) is 84.5 Å². The second-order valence-electron chi connectivity index (χ2n) is 12.0. The zero-order valence-electron chi connectivity index (χ0n) is 28.2. The van der Waals surface area contributed by atoms with Gasteiger partial charge in [-0.1, -0.05) is 36.8 Å². The van der Waals surface area contributed by atoms with Crippen LogP contribution in [0.25, 0.3) is 0 Å². The first kappa shape index (κ1) is 38.3. The summed E-state index contributed by atoms with van der Waals surface area (Å²) in [5.41, 5.74) is 0.487. The number of hydrogen-bond acceptors (Lipinski definition) is 15. The van der Waals surface area contributed by atoms with Crippen molar-refractivity contribution in [2.75, 3.05) is 30.9 Å². The van der Waals surface area contributed by atoms with Crippen molar-refractivity contribution in [3.05, 3.63) is 72.3 Å². The van der Waals surface area contributed by atoms with Crippen LogP contribution in [0.2, 0.25) is 0 Å². The van der Waals surface area contributed by atoms with E-state index in [4.69, 9.17) is 28.4 Å². The lowest BCUT2D eigenvalue weighted by molar-refractivity contribution is -0.216. The Morgan fingerprint density at radius 2 is 1.62 bits per heavy atom. The smallest absolute Gasteiger partial charge is 0.341 e. The number of ether oxygens (including phenoxy) is 6. The molecular formula is C36H38N2O13S. The fourth-order valence-corrected chi connectivity index (χ4v) is 7.07. The van der Waals surface area contributed by atoms with Crippen LogP contribution in [0.5, 0.6) is 5.75 Å². The molecule has 1 spiro atoms. The molecule has 0 bridgehead atoms. The van der Waals surface area contributed by atoms with E-state index < -0.39 is 64.8 Å². The van der Waals surface area contributed by atoms with Crippen LogP contribution in [0.3, 0.4) is 0 Å². The average molecular weight is 739 g/mol. The standard InChI is InChI=1S/C36H38N2O13S/c1-2-46-25-13-11-24(12-14-25)37-27(39)15-16-28(40)49-33(43)30(22-8-4-3-5-9-22)34(44)51-32(42)26-21-52-31(38-26)35(45)50-29(41)20-23-10-6-7-17-36(23)47-18-19-48-36/h3-5,8-9,11-16,23,26,30-31,38H,2,6-7,10,17-21H2,1H3,(H,37,39)/b16-15-. The average Bonchev–Trinajstić information content (AvgIpc) is 3.81. The van der Waals surface area contributed by atoms with E-state index in [9.17, 15) is 33.6 Å². The first-order chi connectivity index (χ1) is 25.1. The summed E-state index contributed by atoms with van der Waals surface area (Å²) in [6, 6.07) is 12.8. The zero-order chi connectivity index (χ0) is 37.1. The Kier molecular flexibility index (Phi) is 13.3. The number of amides is 1. The molecule has 4 atom stereocenters. The first-order valence-electron chi connectivity index (χ1n) is 16.7. The normalized spacial score (nSPS) is 21.2. The van der Waals surface area contributed by atoms with E-state index in [1.54, 1.807) is 30.3 Å². The molecule has 2 aromatic rings. The number of benzene rings is 2. The minimum absolute atomic E-state index is 0.0179. The van der Waals surface area contributed by atoms with E-state index in [0.717, 1.165) is 30.7 Å². The fourth-order valence-electron chi connectivity index (χ4n) is 6.01. The maximum absolute atomic E-state index is 13.2. The van der Waals surface area contributed by atoms with Crippen molar-refractivity contribution in [1.82, 2.24) is 5.32 Å². The number of carbonyl (C=O) groups excluding carboxylic acids is 7. The van der Waals surface area contributed by atoms with Gasteiger partial charge in [-0.15, -0.1) is 11.8 Å². The van der Waals surface area contributed by atoms with Gasteiger partial charge in [0.1, 0.15) is 11.8 Å². The van der Waals surface area contributed by atoms with Crippen LogP contribution in [0.1, 0.15) is 50.5 Å². The zero-order valence-corrected chi connectivity index (χ0v) is 29.1. The maximum atomic E-state index is 13.2. The molecule has 1 saturated carbocycles. The lowest BCUT2D eigenvalue weighted by Crippen LogP contribution is -2.44. The largest absolute Gasteiger partial charge is 0.494 e. The van der Waals surface area contributed by atoms with Crippen molar-refractivity contribution in [1.29, 1.82) is 0 Å². The van der Waals surface area contributed by atoms with Gasteiger partial charge in [0.2, 0.25) is 5.91 Å². The van der Waals surface area contributed by atoms with Crippen molar-refractivity contribution in [3.63, 3.8) is 0 Å². The lowest BCUT2D eigenvalue weighted by Gasteiger charge is -2.38. The van der Waals surface area contributed by atoms with Gasteiger partial charge in [-0.25, -0.2) is 14.4 Å². The van der Waals surface area contributed by atoms with E-state index >= 15 is 0 Å². The monoisotopic (exact) mass is 738 g/mol. The van der Waals surface area contributed by atoms with E-state index in [1.807, 2.05) is 6.92 Å². The second kappa shape index (κ2) is 18.0. The number of rotatable bonds is 12. The van der Waals surface area contributed by atoms with Gasteiger partial charge in [-0.3, -0.25) is 24.5 Å². The van der Waals surface area contributed by atoms with E-state index in [-0.39, 0.29) is 23.7 Å². The van der Waals surface area contributed by atoms with Gasteiger partial charge in [-0.05, 0) is 49.6 Å². The molecule has 0 radical (unpaired) electrons. The highest BCUT2D eigenvalue weighted by atomic mass is 32.2. The summed E-state index contributed by atoms with van der Waals surface area (Å²) in [7, 11) is 0. The number of esters is 6. The van der Waals surface area contributed by atoms with Crippen molar-refractivity contribution in [2.45, 2.75) is 62.1 Å². The maximum Gasteiger partial charge on any atom is 0.341 e. The van der Waals surface area contributed by atoms with Crippen LogP contribution in [0, 0.1) is 5.92 Å². The molecule has 3 fully saturated rings. The van der Waals surface area contributed by atoms with Crippen LogP contribution >= 0.6 is 11.8 Å². The third-order valence-corrected chi connectivity index (χ3v) is 9.63. The summed E-state index contributed by atoms with van der Waals surface area (Å²) in [6.45, 7) is 3.17. The SMILES string of the molecule is CCOc1ccc(NC(=O)/C=C\C(=O)OC(=O)C(C(=O)OC(=O)C2CSC(C(=O)OC(=O)CC3CCCCC34OCCO4)N2)c2ccccc2)cc1. The Balaban J connectivity index is 1.12. The fraction of sp³-hybridized carbons (Fsp3) is 0.417. The molecule has 1 amide bonds. The molecular weight excluding hydrogens is 700 g/mol. The molecule has 276 valence electrons. The summed E-state index contributed by atoms with van der Waals surface area (Å²) < 4.78 is 31.9. The van der Waals surface area contributed by atoms with Gasteiger partial charge in [0.05, 0.1) is 26.2 Å². The summed E-state index contributed by atoms with van der Waals surface area (Å²) in [6.07, 6.45) is 4.61. The van der Waals surface area contributed by atoms with Crippen molar-refractivity contribution < 1.29 is 62.0 Å². The highest BCUT2D eigenvalue weighted by molar-refractivity contribution is 8.00. The number of anilines is 1. The third-order valence-electron chi connectivity index (χ3n) is 8.44. The van der Waals surface area contributed by atoms with Gasteiger partial charge >= 0.3 is 35.8 Å².